The predicted octanol–water partition coefficient (Wildman–Crippen LogP) is 5.32. The van der Waals surface area contributed by atoms with Crippen LogP contribution in [-0.4, -0.2) is 29.7 Å². The molecule has 132 valence electrons. The quantitative estimate of drug-likeness (QED) is 0.291. The van der Waals surface area contributed by atoms with Crippen molar-refractivity contribution >= 4 is 12.2 Å². The average molecular weight is 340 g/mol. The summed E-state index contributed by atoms with van der Waals surface area (Å²) in [6.07, 6.45) is 7.05. The highest BCUT2D eigenvalue weighted by Gasteiger charge is 2.21. The lowest BCUT2D eigenvalue weighted by atomic mass is 10.2. The molecule has 1 aromatic carbocycles. The molecule has 1 amide bonds. The van der Waals surface area contributed by atoms with Crippen molar-refractivity contribution in [3.8, 4) is 0 Å². The van der Waals surface area contributed by atoms with Crippen LogP contribution in [0.2, 0.25) is 0 Å². The summed E-state index contributed by atoms with van der Waals surface area (Å²) in [6.45, 7) is 9.44. The summed E-state index contributed by atoms with van der Waals surface area (Å²) in [5.74, 6) is 0. The molecule has 0 spiro atoms. The summed E-state index contributed by atoms with van der Waals surface area (Å²) in [6, 6.07) is 9.90. The summed E-state index contributed by atoms with van der Waals surface area (Å²) in [5.41, 5.74) is 9.21. The van der Waals surface area contributed by atoms with Gasteiger partial charge in [-0.25, -0.2) is 4.79 Å². The van der Waals surface area contributed by atoms with Crippen LogP contribution in [0.4, 0.5) is 4.79 Å². The van der Waals surface area contributed by atoms with Crippen LogP contribution in [0.15, 0.2) is 66.0 Å². The zero-order valence-electron chi connectivity index (χ0n) is 14.9. The predicted molar refractivity (Wildman–Crippen MR) is 101 cm³/mol. The second kappa shape index (κ2) is 10.0. The fourth-order valence-electron chi connectivity index (χ4n) is 1.84. The number of benzene rings is 1. The van der Waals surface area contributed by atoms with Crippen LogP contribution in [0, 0.1) is 0 Å². The molecule has 0 unspecified atom stereocenters. The van der Waals surface area contributed by atoms with E-state index in [-0.39, 0.29) is 12.2 Å². The maximum absolute atomic E-state index is 12.3. The van der Waals surface area contributed by atoms with Crippen molar-refractivity contribution in [1.29, 1.82) is 0 Å². The topological polar surface area (TPSA) is 78.3 Å². The Morgan fingerprint density at radius 3 is 2.60 bits per heavy atom. The van der Waals surface area contributed by atoms with Crippen molar-refractivity contribution in [2.45, 2.75) is 26.4 Å². The van der Waals surface area contributed by atoms with Crippen molar-refractivity contribution in [2.75, 3.05) is 13.1 Å². The van der Waals surface area contributed by atoms with Gasteiger partial charge in [0.15, 0.2) is 0 Å². The summed E-state index contributed by atoms with van der Waals surface area (Å²) in [5, 5.41) is 3.43. The maximum Gasteiger partial charge on any atom is 0.410 e. The van der Waals surface area contributed by atoms with Gasteiger partial charge < -0.3 is 9.64 Å². The van der Waals surface area contributed by atoms with Crippen molar-refractivity contribution in [1.82, 2.24) is 4.90 Å². The van der Waals surface area contributed by atoms with E-state index in [4.69, 9.17) is 10.3 Å². The molecule has 0 atom stereocenters. The van der Waals surface area contributed by atoms with Crippen LogP contribution in [0.3, 0.4) is 0 Å². The Hall–Kier alpha value is -2.98. The zero-order valence-corrected chi connectivity index (χ0v) is 14.9. The number of allylic oxidation sites excluding steroid dienone is 2. The van der Waals surface area contributed by atoms with E-state index in [0.717, 1.165) is 5.56 Å². The van der Waals surface area contributed by atoms with Crippen LogP contribution in [-0.2, 0) is 4.74 Å². The van der Waals surface area contributed by atoms with Gasteiger partial charge in [0.1, 0.15) is 5.60 Å². The van der Waals surface area contributed by atoms with Crippen molar-refractivity contribution < 1.29 is 9.53 Å². The third-order valence-corrected chi connectivity index (χ3v) is 2.87. The van der Waals surface area contributed by atoms with Gasteiger partial charge in [-0.3, -0.25) is 0 Å². The second-order valence-electron chi connectivity index (χ2n) is 6.31. The Balaban J connectivity index is 2.70. The van der Waals surface area contributed by atoms with Crippen LogP contribution in [0.1, 0.15) is 26.3 Å². The lowest BCUT2D eigenvalue weighted by Crippen LogP contribution is -2.37. The number of hydrogen-bond acceptors (Lipinski definition) is 3. The van der Waals surface area contributed by atoms with Gasteiger partial charge in [0.05, 0.1) is 6.54 Å². The Labute approximate surface area is 148 Å². The average Bonchev–Trinajstić information content (AvgIpc) is 2.53. The van der Waals surface area contributed by atoms with Crippen LogP contribution in [0.5, 0.6) is 0 Å². The number of azide groups is 1. The molecule has 1 rings (SSSR count). The smallest absolute Gasteiger partial charge is 0.410 e. The van der Waals surface area contributed by atoms with Crippen LogP contribution >= 0.6 is 0 Å². The van der Waals surface area contributed by atoms with Crippen molar-refractivity contribution in [3.05, 3.63) is 76.8 Å². The molecule has 6 heteroatoms. The van der Waals surface area contributed by atoms with Gasteiger partial charge in [-0.2, -0.15) is 0 Å². The number of amides is 1. The molecule has 0 fully saturated rings. The molecule has 0 saturated heterocycles. The first-order valence-corrected chi connectivity index (χ1v) is 7.91. The Morgan fingerprint density at radius 2 is 2.00 bits per heavy atom. The van der Waals surface area contributed by atoms with Crippen LogP contribution < -0.4 is 0 Å². The maximum atomic E-state index is 12.3. The normalized spacial score (nSPS) is 11.3. The van der Waals surface area contributed by atoms with Gasteiger partial charge in [0.2, 0.25) is 0 Å². The summed E-state index contributed by atoms with van der Waals surface area (Å²) < 4.78 is 5.36. The van der Waals surface area contributed by atoms with E-state index in [2.05, 4.69) is 16.6 Å². The first-order valence-electron chi connectivity index (χ1n) is 7.91. The SMILES string of the molecule is C=C(CN(C/C=C/C=C/c1ccccc1)C(=O)OC(C)(C)C)N=[N+]=[N-]. The third-order valence-electron chi connectivity index (χ3n) is 2.87. The molecule has 0 aliphatic heterocycles. The second-order valence-corrected chi connectivity index (χ2v) is 6.31. The van der Waals surface area contributed by atoms with Crippen LogP contribution in [0.25, 0.3) is 16.5 Å². The molecule has 0 heterocycles. The van der Waals surface area contributed by atoms with Gasteiger partial charge in [0.25, 0.3) is 0 Å². The number of ether oxygens (including phenoxy) is 1. The summed E-state index contributed by atoms with van der Waals surface area (Å²) >= 11 is 0. The minimum atomic E-state index is -0.605. The van der Waals surface area contributed by atoms with E-state index >= 15 is 0 Å². The molecule has 0 aromatic heterocycles. The van der Waals surface area contributed by atoms with E-state index in [0.29, 0.717) is 6.54 Å². The Kier molecular flexibility index (Phi) is 8.03. The number of rotatable bonds is 7. The highest BCUT2D eigenvalue weighted by atomic mass is 16.6. The van der Waals surface area contributed by atoms with Gasteiger partial charge >= 0.3 is 6.09 Å². The minimum absolute atomic E-state index is 0.103. The van der Waals surface area contributed by atoms with E-state index in [1.54, 1.807) is 20.8 Å². The first-order chi connectivity index (χ1) is 11.8. The lowest BCUT2D eigenvalue weighted by molar-refractivity contribution is 0.0287. The molecular formula is C19H24N4O2. The molecule has 1 aromatic rings. The number of hydrogen-bond donors (Lipinski definition) is 0. The lowest BCUT2D eigenvalue weighted by Gasteiger charge is -2.26. The van der Waals surface area contributed by atoms with Crippen molar-refractivity contribution in [3.63, 3.8) is 0 Å². The van der Waals surface area contributed by atoms with Gasteiger partial charge in [-0.1, -0.05) is 66.3 Å². The molecule has 6 nitrogen and oxygen atoms in total. The van der Waals surface area contributed by atoms with Gasteiger partial charge in [-0.15, -0.1) is 0 Å². The molecule has 0 N–H and O–H groups in total. The Bertz CT molecular complexity index is 681. The standard InChI is InChI=1S/C19H24N4O2/c1-16(21-22-20)15-23(18(24)25-19(2,3)4)14-10-6-9-13-17-11-7-5-8-12-17/h5-13H,1,14-15H2,2-4H3/b10-6+,13-9+. The first kappa shape index (κ1) is 20.1. The molecular weight excluding hydrogens is 316 g/mol. The Morgan fingerprint density at radius 1 is 1.32 bits per heavy atom. The van der Waals surface area contributed by atoms with E-state index < -0.39 is 11.7 Å². The molecule has 0 bridgehead atoms. The summed E-state index contributed by atoms with van der Waals surface area (Å²) in [7, 11) is 0. The molecule has 0 aliphatic carbocycles. The number of carbonyl (C=O) groups is 1. The fourth-order valence-corrected chi connectivity index (χ4v) is 1.84. The molecule has 25 heavy (non-hydrogen) atoms. The molecule has 0 aliphatic rings. The monoisotopic (exact) mass is 340 g/mol. The van der Waals surface area contributed by atoms with Crippen molar-refractivity contribution in [2.24, 2.45) is 5.11 Å². The zero-order chi connectivity index (χ0) is 18.7. The number of carbonyl (C=O) groups excluding carboxylic acids is 1. The van der Waals surface area contributed by atoms with Gasteiger partial charge in [0, 0.05) is 17.2 Å². The van der Waals surface area contributed by atoms with Gasteiger partial charge in [-0.05, 0) is 31.9 Å². The van der Waals surface area contributed by atoms with E-state index in [1.165, 1.54) is 4.90 Å². The highest BCUT2D eigenvalue weighted by molar-refractivity contribution is 5.68. The van der Waals surface area contributed by atoms with E-state index in [1.807, 2.05) is 54.6 Å². The summed E-state index contributed by atoms with van der Waals surface area (Å²) in [4.78, 5) is 16.4. The third kappa shape index (κ3) is 9.03. The number of nitrogens with zero attached hydrogens (tertiary/aromatic N) is 4. The largest absolute Gasteiger partial charge is 0.444 e. The minimum Gasteiger partial charge on any atom is -0.444 e. The molecule has 0 radical (unpaired) electrons. The van der Waals surface area contributed by atoms with E-state index in [9.17, 15) is 4.79 Å². The fraction of sp³-hybridized carbons (Fsp3) is 0.316. The highest BCUT2D eigenvalue weighted by Crippen LogP contribution is 2.11. The molecule has 0 saturated carbocycles.